The van der Waals surface area contributed by atoms with Crippen LogP contribution in [0.5, 0.6) is 11.5 Å². The number of fused-ring (bicyclic) bond motifs is 1. The summed E-state index contributed by atoms with van der Waals surface area (Å²) in [7, 11) is 0. The van der Waals surface area contributed by atoms with E-state index in [1.807, 2.05) is 86.6 Å². The van der Waals surface area contributed by atoms with Crippen LogP contribution in [-0.4, -0.2) is 32.7 Å². The lowest BCUT2D eigenvalue weighted by Gasteiger charge is -2.28. The van der Waals surface area contributed by atoms with Gasteiger partial charge in [0.2, 0.25) is 5.95 Å². The number of benzene rings is 3. The fourth-order valence-corrected chi connectivity index (χ4v) is 4.28. The quantitative estimate of drug-likeness (QED) is 0.330. The number of aromatic nitrogens is 4. The molecule has 2 heterocycles. The van der Waals surface area contributed by atoms with Crippen molar-refractivity contribution < 1.29 is 14.3 Å². The number of nitrogens with zero attached hydrogens (tertiary/aromatic N) is 4. The van der Waals surface area contributed by atoms with E-state index in [1.165, 1.54) is 0 Å². The van der Waals surface area contributed by atoms with Gasteiger partial charge in [-0.1, -0.05) is 53.1 Å². The second-order valence-electron chi connectivity index (χ2n) is 8.39. The third-order valence-corrected chi connectivity index (χ3v) is 6.13. The van der Waals surface area contributed by atoms with Crippen LogP contribution in [0.1, 0.15) is 31.0 Å². The molecule has 1 aliphatic rings. The Morgan fingerprint density at radius 2 is 1.84 bits per heavy atom. The summed E-state index contributed by atoms with van der Waals surface area (Å²) in [6.45, 7) is 4.53. The number of tetrazole rings is 1. The number of carbonyl (C=O) groups is 1. The van der Waals surface area contributed by atoms with Crippen molar-refractivity contribution in [1.82, 2.24) is 20.2 Å². The van der Waals surface area contributed by atoms with Gasteiger partial charge in [-0.15, -0.1) is 0 Å². The molecule has 0 radical (unpaired) electrons. The van der Waals surface area contributed by atoms with Crippen molar-refractivity contribution in [3.8, 4) is 11.5 Å². The first-order valence-electron chi connectivity index (χ1n) is 11.8. The minimum Gasteiger partial charge on any atom is -0.490 e. The summed E-state index contributed by atoms with van der Waals surface area (Å²) < 4.78 is 13.6. The monoisotopic (exact) mass is 516 g/mol. The Morgan fingerprint density at radius 1 is 1.05 bits per heavy atom. The lowest BCUT2D eigenvalue weighted by molar-refractivity contribution is -0.113. The zero-order valence-electron chi connectivity index (χ0n) is 20.3. The molecule has 188 valence electrons. The Hall–Kier alpha value is -4.37. The summed E-state index contributed by atoms with van der Waals surface area (Å²) in [6, 6.07) is 21.8. The van der Waals surface area contributed by atoms with Crippen LogP contribution < -0.4 is 20.1 Å². The molecule has 3 aromatic carbocycles. The summed E-state index contributed by atoms with van der Waals surface area (Å²) in [5, 5.41) is 18.8. The van der Waals surface area contributed by atoms with Crippen LogP contribution in [0.15, 0.2) is 84.1 Å². The number of amides is 1. The van der Waals surface area contributed by atoms with E-state index in [1.54, 1.807) is 4.68 Å². The normalized spacial score (nSPS) is 14.5. The molecule has 1 unspecified atom stereocenters. The van der Waals surface area contributed by atoms with E-state index in [0.29, 0.717) is 52.6 Å². The first-order valence-corrected chi connectivity index (χ1v) is 12.2. The van der Waals surface area contributed by atoms with Gasteiger partial charge in [0.1, 0.15) is 12.6 Å². The standard InChI is InChI=1S/C27H25ClN6O3/c1-3-36-23-15-19(11-14-22(23)37-16-18-9-12-20(28)13-10-18)25-24(17(2)29-27-31-32-33-34(25)27)26(35)30-21-7-5-4-6-8-21/h4-15,25H,3,16H2,1-2H3,(H,30,35)(H,29,31,33). The van der Waals surface area contributed by atoms with Gasteiger partial charge in [0.15, 0.2) is 11.5 Å². The summed E-state index contributed by atoms with van der Waals surface area (Å²) in [4.78, 5) is 13.5. The summed E-state index contributed by atoms with van der Waals surface area (Å²) in [6.07, 6.45) is 0. The van der Waals surface area contributed by atoms with Crippen LogP contribution in [0.2, 0.25) is 5.02 Å². The summed E-state index contributed by atoms with van der Waals surface area (Å²) in [5.74, 6) is 1.33. The third-order valence-electron chi connectivity index (χ3n) is 5.88. The lowest BCUT2D eigenvalue weighted by Crippen LogP contribution is -2.31. The van der Waals surface area contributed by atoms with Gasteiger partial charge in [-0.05, 0) is 71.8 Å². The minimum absolute atomic E-state index is 0.261. The van der Waals surface area contributed by atoms with E-state index in [9.17, 15) is 4.79 Å². The van der Waals surface area contributed by atoms with Crippen LogP contribution in [0.25, 0.3) is 0 Å². The van der Waals surface area contributed by atoms with E-state index < -0.39 is 6.04 Å². The molecule has 1 amide bonds. The van der Waals surface area contributed by atoms with Crippen molar-refractivity contribution in [3.63, 3.8) is 0 Å². The topological polar surface area (TPSA) is 103 Å². The molecule has 1 aromatic heterocycles. The minimum atomic E-state index is -0.584. The predicted octanol–water partition coefficient (Wildman–Crippen LogP) is 5.23. The molecule has 0 saturated heterocycles. The SMILES string of the molecule is CCOc1cc(C2C(C(=O)Nc3ccccc3)=C(C)Nc3nnnn32)ccc1OCc1ccc(Cl)cc1. The molecular formula is C27H25ClN6O3. The van der Waals surface area contributed by atoms with Gasteiger partial charge in [-0.2, -0.15) is 4.68 Å². The number of nitrogens with one attached hydrogen (secondary N) is 2. The molecular weight excluding hydrogens is 492 g/mol. The largest absolute Gasteiger partial charge is 0.490 e. The van der Waals surface area contributed by atoms with E-state index in [2.05, 4.69) is 26.2 Å². The average Bonchev–Trinajstić information content (AvgIpc) is 3.37. The number of rotatable bonds is 8. The van der Waals surface area contributed by atoms with Gasteiger partial charge in [0.25, 0.3) is 5.91 Å². The van der Waals surface area contributed by atoms with Crippen LogP contribution >= 0.6 is 11.6 Å². The number of carbonyl (C=O) groups excluding carboxylic acids is 1. The zero-order chi connectivity index (χ0) is 25.8. The molecule has 0 spiro atoms. The number of ether oxygens (including phenoxy) is 2. The van der Waals surface area contributed by atoms with Gasteiger partial charge in [-0.25, -0.2) is 0 Å². The first kappa shape index (κ1) is 24.3. The molecule has 1 atom stereocenters. The van der Waals surface area contributed by atoms with Gasteiger partial charge in [-0.3, -0.25) is 4.79 Å². The number of hydrogen-bond donors (Lipinski definition) is 2. The molecule has 2 N–H and O–H groups in total. The molecule has 37 heavy (non-hydrogen) atoms. The van der Waals surface area contributed by atoms with E-state index >= 15 is 0 Å². The van der Waals surface area contributed by atoms with Crippen molar-refractivity contribution in [1.29, 1.82) is 0 Å². The Bertz CT molecular complexity index is 1440. The molecule has 0 bridgehead atoms. The Labute approximate surface area is 219 Å². The molecule has 0 aliphatic carbocycles. The Morgan fingerprint density at radius 3 is 2.59 bits per heavy atom. The second kappa shape index (κ2) is 10.7. The average molecular weight is 517 g/mol. The smallest absolute Gasteiger partial charge is 0.255 e. The molecule has 5 rings (SSSR count). The summed E-state index contributed by atoms with van der Waals surface area (Å²) >= 11 is 5.99. The number of anilines is 2. The highest BCUT2D eigenvalue weighted by Gasteiger charge is 2.34. The highest BCUT2D eigenvalue weighted by Crippen LogP contribution is 2.39. The maximum absolute atomic E-state index is 13.5. The van der Waals surface area contributed by atoms with E-state index in [0.717, 1.165) is 11.1 Å². The van der Waals surface area contributed by atoms with Gasteiger partial charge in [0, 0.05) is 16.4 Å². The molecule has 4 aromatic rings. The fourth-order valence-electron chi connectivity index (χ4n) is 4.16. The van der Waals surface area contributed by atoms with Crippen molar-refractivity contribution in [3.05, 3.63) is 100 Å². The van der Waals surface area contributed by atoms with Crippen molar-refractivity contribution in [2.24, 2.45) is 0 Å². The number of allylic oxidation sites excluding steroid dienone is 1. The van der Waals surface area contributed by atoms with Crippen molar-refractivity contribution in [2.75, 3.05) is 17.2 Å². The maximum Gasteiger partial charge on any atom is 0.255 e. The molecule has 9 nitrogen and oxygen atoms in total. The number of hydrogen-bond acceptors (Lipinski definition) is 7. The Kier molecular flexibility index (Phi) is 7.04. The third kappa shape index (κ3) is 5.26. The zero-order valence-corrected chi connectivity index (χ0v) is 21.1. The van der Waals surface area contributed by atoms with Gasteiger partial charge >= 0.3 is 0 Å². The van der Waals surface area contributed by atoms with Crippen molar-refractivity contribution >= 4 is 29.1 Å². The van der Waals surface area contributed by atoms with Crippen LogP contribution in [0, 0.1) is 0 Å². The number of para-hydroxylation sites is 1. The summed E-state index contributed by atoms with van der Waals surface area (Å²) in [5.41, 5.74) is 3.58. The van der Waals surface area contributed by atoms with E-state index in [4.69, 9.17) is 21.1 Å². The van der Waals surface area contributed by atoms with Crippen LogP contribution in [0.3, 0.4) is 0 Å². The Balaban J connectivity index is 1.48. The lowest BCUT2D eigenvalue weighted by atomic mass is 9.94. The van der Waals surface area contributed by atoms with Crippen LogP contribution in [-0.2, 0) is 11.4 Å². The predicted molar refractivity (Wildman–Crippen MR) is 141 cm³/mol. The van der Waals surface area contributed by atoms with E-state index in [-0.39, 0.29) is 5.91 Å². The molecule has 0 saturated carbocycles. The fraction of sp³-hybridized carbons (Fsp3) is 0.185. The van der Waals surface area contributed by atoms with Gasteiger partial charge in [0.05, 0.1) is 12.2 Å². The molecule has 1 aliphatic heterocycles. The maximum atomic E-state index is 13.5. The highest BCUT2D eigenvalue weighted by atomic mass is 35.5. The van der Waals surface area contributed by atoms with Gasteiger partial charge < -0.3 is 20.1 Å². The second-order valence-corrected chi connectivity index (χ2v) is 8.82. The highest BCUT2D eigenvalue weighted by molar-refractivity contribution is 6.30. The number of halogens is 1. The molecule has 0 fully saturated rings. The van der Waals surface area contributed by atoms with Crippen molar-refractivity contribution in [2.45, 2.75) is 26.5 Å². The first-order chi connectivity index (χ1) is 18.0. The molecule has 10 heteroatoms. The van der Waals surface area contributed by atoms with Crippen LogP contribution in [0.4, 0.5) is 11.6 Å².